The van der Waals surface area contributed by atoms with E-state index in [1.165, 1.54) is 6.07 Å². The van der Waals surface area contributed by atoms with E-state index in [1.54, 1.807) is 0 Å². The lowest BCUT2D eigenvalue weighted by molar-refractivity contribution is 0.136. The Hall–Kier alpha value is -2.05. The van der Waals surface area contributed by atoms with Gasteiger partial charge in [0.25, 0.3) is 0 Å². The van der Waals surface area contributed by atoms with E-state index in [0.29, 0.717) is 4.73 Å². The number of aromatic nitrogens is 2. The minimum Gasteiger partial charge on any atom is -0.383 e. The third-order valence-electron chi connectivity index (χ3n) is 0.982. The first-order chi connectivity index (χ1) is 5.59. The maximum Gasteiger partial charge on any atom is 0.429 e. The first kappa shape index (κ1) is 8.05. The predicted molar refractivity (Wildman–Crippen MR) is 39.1 cm³/mol. The van der Waals surface area contributed by atoms with Crippen molar-refractivity contribution in [2.75, 3.05) is 5.73 Å². The maximum atomic E-state index is 10.8. The molecule has 0 unspecified atom stereocenters. The van der Waals surface area contributed by atoms with E-state index in [9.17, 15) is 9.59 Å². The summed E-state index contributed by atoms with van der Waals surface area (Å²) in [6.45, 7) is 0. The van der Waals surface area contributed by atoms with E-state index in [4.69, 9.17) is 5.73 Å². The normalized spacial score (nSPS) is 9.33. The number of nitrogen functional groups attached to an aromatic ring is 1. The molecule has 12 heavy (non-hydrogen) atoms. The molecule has 1 aromatic heterocycles. The molecule has 7 heteroatoms. The van der Waals surface area contributed by atoms with Crippen molar-refractivity contribution in [2.24, 2.45) is 5.73 Å². The fourth-order valence-corrected chi connectivity index (χ4v) is 0.571. The summed E-state index contributed by atoms with van der Waals surface area (Å²) in [6, 6.07) is 1.30. The number of anilines is 1. The average Bonchev–Trinajstić information content (AvgIpc) is 1.94. The molecule has 1 rings (SSSR count). The van der Waals surface area contributed by atoms with Crippen LogP contribution >= 0.6 is 0 Å². The minimum absolute atomic E-state index is 0.0457. The largest absolute Gasteiger partial charge is 0.429 e. The van der Waals surface area contributed by atoms with Crippen LogP contribution in [0.2, 0.25) is 0 Å². The van der Waals surface area contributed by atoms with Gasteiger partial charge in [-0.15, -0.1) is 4.73 Å². The van der Waals surface area contributed by atoms with Gasteiger partial charge in [0.15, 0.2) is 0 Å². The van der Waals surface area contributed by atoms with Crippen LogP contribution in [0.5, 0.6) is 0 Å². The van der Waals surface area contributed by atoms with Gasteiger partial charge >= 0.3 is 11.8 Å². The van der Waals surface area contributed by atoms with Crippen molar-refractivity contribution in [3.05, 3.63) is 22.7 Å². The summed E-state index contributed by atoms with van der Waals surface area (Å²) in [5.74, 6) is 0.0457. The van der Waals surface area contributed by atoms with E-state index in [-0.39, 0.29) is 5.82 Å². The highest BCUT2D eigenvalue weighted by molar-refractivity contribution is 5.64. The zero-order chi connectivity index (χ0) is 9.14. The molecule has 0 bridgehead atoms. The molecular formula is C5H6N4O3. The molecule has 0 fully saturated rings. The molecule has 7 nitrogen and oxygen atoms in total. The second-order valence-electron chi connectivity index (χ2n) is 1.87. The van der Waals surface area contributed by atoms with Gasteiger partial charge in [0.2, 0.25) is 0 Å². The molecule has 0 aliphatic rings. The summed E-state index contributed by atoms with van der Waals surface area (Å²) in [7, 11) is 0. The first-order valence-electron chi connectivity index (χ1n) is 2.92. The van der Waals surface area contributed by atoms with Crippen LogP contribution in [0.4, 0.5) is 10.6 Å². The van der Waals surface area contributed by atoms with E-state index in [0.717, 1.165) is 6.20 Å². The monoisotopic (exact) mass is 170 g/mol. The number of hydrogen-bond acceptors (Lipinski definition) is 5. The molecule has 0 spiro atoms. The average molecular weight is 170 g/mol. The lowest BCUT2D eigenvalue weighted by Gasteiger charge is -2.00. The summed E-state index contributed by atoms with van der Waals surface area (Å²) in [5.41, 5.74) is 9.02. The van der Waals surface area contributed by atoms with Crippen LogP contribution in [0, 0.1) is 0 Å². The molecule has 0 atom stereocenters. The van der Waals surface area contributed by atoms with Crippen molar-refractivity contribution < 1.29 is 9.63 Å². The van der Waals surface area contributed by atoms with Gasteiger partial charge in [0, 0.05) is 6.07 Å². The lowest BCUT2D eigenvalue weighted by atomic mass is 10.6. The van der Waals surface area contributed by atoms with Crippen molar-refractivity contribution in [2.45, 2.75) is 0 Å². The smallest absolute Gasteiger partial charge is 0.383 e. The highest BCUT2D eigenvalue weighted by Crippen LogP contribution is 1.86. The van der Waals surface area contributed by atoms with Crippen molar-refractivity contribution >= 4 is 11.9 Å². The molecule has 1 aromatic rings. The van der Waals surface area contributed by atoms with Gasteiger partial charge in [-0.05, 0) is 0 Å². The molecule has 0 saturated heterocycles. The van der Waals surface area contributed by atoms with Crippen LogP contribution in [-0.2, 0) is 0 Å². The summed E-state index contributed by atoms with van der Waals surface area (Å²) in [6.07, 6.45) is 0.0544. The van der Waals surface area contributed by atoms with E-state index >= 15 is 0 Å². The molecule has 4 N–H and O–H groups in total. The van der Waals surface area contributed by atoms with Crippen molar-refractivity contribution in [1.82, 2.24) is 9.71 Å². The van der Waals surface area contributed by atoms with Gasteiger partial charge in [-0.2, -0.15) is 4.98 Å². The molecule has 0 saturated carbocycles. The zero-order valence-corrected chi connectivity index (χ0v) is 5.93. The zero-order valence-electron chi connectivity index (χ0n) is 5.93. The number of primary amides is 1. The topological polar surface area (TPSA) is 113 Å². The summed E-state index contributed by atoms with van der Waals surface area (Å²) in [4.78, 5) is 28.5. The molecule has 0 aliphatic carbocycles. The predicted octanol–water partition coefficient (Wildman–Crippen LogP) is -1.67. The number of amides is 1. The Morgan fingerprint density at radius 3 is 2.83 bits per heavy atom. The third kappa shape index (κ3) is 1.72. The number of nitrogens with zero attached hydrogens (tertiary/aromatic N) is 2. The molecule has 0 radical (unpaired) electrons. The third-order valence-corrected chi connectivity index (χ3v) is 0.982. The molecule has 1 amide bonds. The van der Waals surface area contributed by atoms with E-state index in [2.05, 4.69) is 15.6 Å². The van der Waals surface area contributed by atoms with Gasteiger partial charge < -0.3 is 16.3 Å². The summed E-state index contributed by atoms with van der Waals surface area (Å²) in [5, 5.41) is 0. The van der Waals surface area contributed by atoms with Crippen LogP contribution in [0.1, 0.15) is 0 Å². The molecule has 1 heterocycles. The molecule has 64 valence electrons. The quantitative estimate of drug-likeness (QED) is 0.523. The van der Waals surface area contributed by atoms with Crippen LogP contribution in [0.25, 0.3) is 0 Å². The highest BCUT2D eigenvalue weighted by Gasteiger charge is 2.00. The fourth-order valence-electron chi connectivity index (χ4n) is 0.571. The number of carbonyl (C=O) groups is 1. The van der Waals surface area contributed by atoms with Crippen LogP contribution in [-0.4, -0.2) is 15.8 Å². The second-order valence-corrected chi connectivity index (χ2v) is 1.87. The first-order valence-corrected chi connectivity index (χ1v) is 2.92. The Balaban J connectivity index is 3.02. The summed E-state index contributed by atoms with van der Waals surface area (Å²) >= 11 is 0. The van der Waals surface area contributed by atoms with Crippen molar-refractivity contribution in [3.63, 3.8) is 0 Å². The van der Waals surface area contributed by atoms with Crippen LogP contribution < -0.4 is 22.0 Å². The fraction of sp³-hybridized carbons (Fsp3) is 0. The Morgan fingerprint density at radius 2 is 2.33 bits per heavy atom. The Kier molecular flexibility index (Phi) is 1.95. The Bertz CT molecular complexity index is 358. The Labute approximate surface area is 66.5 Å². The summed E-state index contributed by atoms with van der Waals surface area (Å²) < 4.78 is 0.582. The van der Waals surface area contributed by atoms with Gasteiger partial charge in [-0.3, -0.25) is 0 Å². The number of hydrogen-bond donors (Lipinski definition) is 2. The lowest BCUT2D eigenvalue weighted by Crippen LogP contribution is -2.34. The van der Waals surface area contributed by atoms with Crippen molar-refractivity contribution in [1.29, 1.82) is 0 Å². The molecule has 0 aromatic carbocycles. The minimum atomic E-state index is -1.09. The van der Waals surface area contributed by atoms with Crippen LogP contribution in [0.3, 0.4) is 0 Å². The van der Waals surface area contributed by atoms with Gasteiger partial charge in [-0.1, -0.05) is 0 Å². The van der Waals surface area contributed by atoms with E-state index < -0.39 is 11.8 Å². The van der Waals surface area contributed by atoms with Gasteiger partial charge in [0.1, 0.15) is 5.82 Å². The van der Waals surface area contributed by atoms with E-state index in [1.807, 2.05) is 0 Å². The molecule has 0 aliphatic heterocycles. The molecular weight excluding hydrogens is 164 g/mol. The van der Waals surface area contributed by atoms with Crippen LogP contribution in [0.15, 0.2) is 17.1 Å². The maximum absolute atomic E-state index is 10.8. The SMILES string of the molecule is NC(=O)On1ccc(N)nc1=O. The Morgan fingerprint density at radius 1 is 1.67 bits per heavy atom. The van der Waals surface area contributed by atoms with Gasteiger partial charge in [0.05, 0.1) is 6.20 Å². The number of rotatable bonds is 1. The highest BCUT2D eigenvalue weighted by atomic mass is 16.7. The number of carbonyl (C=O) groups excluding carboxylic acids is 1. The number of nitrogens with two attached hydrogens (primary N) is 2. The van der Waals surface area contributed by atoms with Crippen molar-refractivity contribution in [3.8, 4) is 0 Å². The second kappa shape index (κ2) is 2.91. The van der Waals surface area contributed by atoms with Gasteiger partial charge in [-0.25, -0.2) is 9.59 Å². The standard InChI is InChI=1S/C5H6N4O3/c6-3-1-2-9(5(11)8-3)12-4(7)10/h1-2H,(H2,7,10)(H2,6,8,11).